The van der Waals surface area contributed by atoms with E-state index in [4.69, 9.17) is 27.9 Å². The number of carbonyl (C=O) groups excluding carboxylic acids is 3. The maximum atomic E-state index is 12.7. The second-order valence-electron chi connectivity index (χ2n) is 8.20. The first-order valence-electron chi connectivity index (χ1n) is 10.2. The van der Waals surface area contributed by atoms with Crippen molar-refractivity contribution in [3.05, 3.63) is 58.1 Å². The van der Waals surface area contributed by atoms with E-state index in [1.54, 1.807) is 32.9 Å². The van der Waals surface area contributed by atoms with Gasteiger partial charge in [-0.05, 0) is 44.0 Å². The van der Waals surface area contributed by atoms with Crippen LogP contribution in [0.4, 0.5) is 4.79 Å². The number of carboxylic acids is 1. The highest BCUT2D eigenvalue weighted by Crippen LogP contribution is 2.31. The highest BCUT2D eigenvalue weighted by molar-refractivity contribution is 6.40. The van der Waals surface area contributed by atoms with Crippen molar-refractivity contribution in [3.63, 3.8) is 0 Å². The summed E-state index contributed by atoms with van der Waals surface area (Å²) >= 11 is 12.5. The molecule has 2 aromatic rings. The monoisotopic (exact) mass is 509 g/mol. The molecule has 11 heteroatoms. The van der Waals surface area contributed by atoms with Gasteiger partial charge in [-0.1, -0.05) is 53.5 Å². The molecule has 182 valence electrons. The molecule has 1 atom stereocenters. The number of alkyl carbamates (subject to hydrolysis) is 1. The Labute approximate surface area is 206 Å². The molecule has 9 nitrogen and oxygen atoms in total. The lowest BCUT2D eigenvalue weighted by molar-refractivity contribution is -0.139. The zero-order valence-electron chi connectivity index (χ0n) is 18.8. The number of carbonyl (C=O) groups is 4. The van der Waals surface area contributed by atoms with Crippen LogP contribution >= 0.6 is 23.2 Å². The molecule has 2 rings (SSSR count). The van der Waals surface area contributed by atoms with Crippen LogP contribution in [0.2, 0.25) is 10.0 Å². The van der Waals surface area contributed by atoms with E-state index >= 15 is 0 Å². The lowest BCUT2D eigenvalue weighted by Crippen LogP contribution is -2.50. The number of ether oxygens (including phenoxy) is 1. The molecule has 0 bridgehead atoms. The van der Waals surface area contributed by atoms with Crippen molar-refractivity contribution in [2.45, 2.75) is 32.4 Å². The predicted molar refractivity (Wildman–Crippen MR) is 128 cm³/mol. The number of amides is 3. The lowest BCUT2D eigenvalue weighted by Gasteiger charge is -2.20. The molecule has 0 aliphatic heterocycles. The Morgan fingerprint density at radius 3 is 2.09 bits per heavy atom. The molecule has 0 saturated carbocycles. The van der Waals surface area contributed by atoms with Crippen LogP contribution in [-0.4, -0.2) is 53.7 Å². The Morgan fingerprint density at radius 1 is 0.971 bits per heavy atom. The molecular weight excluding hydrogens is 485 g/mol. The predicted octanol–water partition coefficient (Wildman–Crippen LogP) is 3.48. The lowest BCUT2D eigenvalue weighted by atomic mass is 10.0. The maximum absolute atomic E-state index is 12.7. The molecule has 0 aliphatic rings. The zero-order chi connectivity index (χ0) is 25.5. The van der Waals surface area contributed by atoms with Crippen molar-refractivity contribution < 1.29 is 29.0 Å². The van der Waals surface area contributed by atoms with Crippen molar-refractivity contribution in [2.75, 3.05) is 13.1 Å². The van der Waals surface area contributed by atoms with Crippen LogP contribution in [0.25, 0.3) is 11.1 Å². The molecule has 0 saturated heterocycles. The number of rotatable bonds is 8. The fraction of sp³-hybridized carbons (Fsp3) is 0.304. The Kier molecular flexibility index (Phi) is 9.28. The number of hydrogen-bond acceptors (Lipinski definition) is 5. The summed E-state index contributed by atoms with van der Waals surface area (Å²) in [6, 6.07) is 10.9. The highest BCUT2D eigenvalue weighted by atomic mass is 35.5. The summed E-state index contributed by atoms with van der Waals surface area (Å²) in [6.45, 7) is 4.13. The minimum absolute atomic E-state index is 0.0404. The number of carboxylic acid groups (broad SMARTS) is 1. The molecule has 0 aliphatic carbocycles. The van der Waals surface area contributed by atoms with Crippen LogP contribution in [0.15, 0.2) is 42.5 Å². The number of benzene rings is 2. The second kappa shape index (κ2) is 11.7. The van der Waals surface area contributed by atoms with Gasteiger partial charge in [0.1, 0.15) is 11.6 Å². The standard InChI is InChI=1S/C23H25Cl2N3O6/c1-23(2,3)34-22(33)27-12-18(29)26-11-17(21(31)32)28-20(30)19-15(24)9-14(10-16(19)25)13-7-5-4-6-8-13/h4-10,17H,11-12H2,1-3H3,(H,26,29)(H,27,33)(H,28,30)(H,31,32)/t17-/m0/s1. The van der Waals surface area contributed by atoms with Gasteiger partial charge >= 0.3 is 12.1 Å². The quantitative estimate of drug-likeness (QED) is 0.430. The van der Waals surface area contributed by atoms with Gasteiger partial charge in [0, 0.05) is 6.54 Å². The minimum atomic E-state index is -1.47. The Hall–Kier alpha value is -3.30. The summed E-state index contributed by atoms with van der Waals surface area (Å²) in [5.41, 5.74) is 0.699. The first-order chi connectivity index (χ1) is 15.9. The van der Waals surface area contributed by atoms with E-state index < -0.39 is 48.6 Å². The van der Waals surface area contributed by atoms with E-state index in [1.165, 1.54) is 0 Å². The molecule has 34 heavy (non-hydrogen) atoms. The van der Waals surface area contributed by atoms with Gasteiger partial charge in [-0.2, -0.15) is 0 Å². The molecule has 4 N–H and O–H groups in total. The van der Waals surface area contributed by atoms with E-state index in [9.17, 15) is 24.3 Å². The van der Waals surface area contributed by atoms with Crippen LogP contribution in [0.3, 0.4) is 0 Å². The number of aliphatic carboxylic acids is 1. The summed E-state index contributed by atoms with van der Waals surface area (Å²) < 4.78 is 5.01. The van der Waals surface area contributed by atoms with Crippen LogP contribution in [-0.2, 0) is 14.3 Å². The van der Waals surface area contributed by atoms with Gasteiger partial charge in [-0.25, -0.2) is 9.59 Å². The van der Waals surface area contributed by atoms with Crippen molar-refractivity contribution >= 4 is 47.1 Å². The van der Waals surface area contributed by atoms with Crippen LogP contribution < -0.4 is 16.0 Å². The summed E-state index contributed by atoms with van der Waals surface area (Å²) in [7, 11) is 0. The van der Waals surface area contributed by atoms with Gasteiger partial charge in [-0.3, -0.25) is 9.59 Å². The average Bonchev–Trinajstić information content (AvgIpc) is 2.73. The molecule has 0 fully saturated rings. The van der Waals surface area contributed by atoms with Gasteiger partial charge in [0.15, 0.2) is 0 Å². The van der Waals surface area contributed by atoms with E-state index in [-0.39, 0.29) is 15.6 Å². The van der Waals surface area contributed by atoms with E-state index in [0.717, 1.165) is 5.56 Å². The fourth-order valence-corrected chi connectivity index (χ4v) is 3.42. The van der Waals surface area contributed by atoms with Gasteiger partial charge < -0.3 is 25.8 Å². The van der Waals surface area contributed by atoms with Crippen LogP contribution in [0.5, 0.6) is 0 Å². The van der Waals surface area contributed by atoms with Gasteiger partial charge in [0.25, 0.3) is 5.91 Å². The summed E-state index contributed by atoms with van der Waals surface area (Å²) in [5.74, 6) is -2.88. The summed E-state index contributed by atoms with van der Waals surface area (Å²) in [5, 5.41) is 16.4. The van der Waals surface area contributed by atoms with Crippen LogP contribution in [0.1, 0.15) is 31.1 Å². The molecule has 0 spiro atoms. The first-order valence-corrected chi connectivity index (χ1v) is 10.9. The van der Waals surface area contributed by atoms with Crippen LogP contribution in [0, 0.1) is 0 Å². The SMILES string of the molecule is CC(C)(C)OC(=O)NCC(=O)NC[C@H](NC(=O)c1c(Cl)cc(-c2ccccc2)cc1Cl)C(=O)O. The zero-order valence-corrected chi connectivity index (χ0v) is 20.3. The Balaban J connectivity index is 2.00. The third-order valence-electron chi connectivity index (χ3n) is 4.28. The van der Waals surface area contributed by atoms with E-state index in [2.05, 4.69) is 16.0 Å². The topological polar surface area (TPSA) is 134 Å². The Bertz CT molecular complexity index is 1050. The second-order valence-corrected chi connectivity index (χ2v) is 9.02. The summed E-state index contributed by atoms with van der Waals surface area (Å²) in [6.07, 6.45) is -0.797. The smallest absolute Gasteiger partial charge is 0.408 e. The fourth-order valence-electron chi connectivity index (χ4n) is 2.76. The van der Waals surface area contributed by atoms with Crippen molar-refractivity contribution in [1.82, 2.24) is 16.0 Å². The normalized spacial score (nSPS) is 11.8. The third kappa shape index (κ3) is 8.24. The van der Waals surface area contributed by atoms with Crippen molar-refractivity contribution in [3.8, 4) is 11.1 Å². The van der Waals surface area contributed by atoms with Gasteiger partial charge in [0.05, 0.1) is 22.2 Å². The van der Waals surface area contributed by atoms with E-state index in [1.807, 2.05) is 30.3 Å². The third-order valence-corrected chi connectivity index (χ3v) is 4.87. The molecule has 0 radical (unpaired) electrons. The molecule has 0 aromatic heterocycles. The molecule has 0 unspecified atom stereocenters. The average molecular weight is 510 g/mol. The first kappa shape index (κ1) is 26.9. The van der Waals surface area contributed by atoms with Gasteiger partial charge in [0.2, 0.25) is 5.91 Å². The van der Waals surface area contributed by atoms with Crippen molar-refractivity contribution in [1.29, 1.82) is 0 Å². The van der Waals surface area contributed by atoms with Crippen molar-refractivity contribution in [2.24, 2.45) is 0 Å². The number of hydrogen-bond donors (Lipinski definition) is 4. The van der Waals surface area contributed by atoms with E-state index in [0.29, 0.717) is 5.56 Å². The molecule has 3 amide bonds. The number of nitrogens with one attached hydrogen (secondary N) is 3. The highest BCUT2D eigenvalue weighted by Gasteiger charge is 2.25. The Morgan fingerprint density at radius 2 is 1.56 bits per heavy atom. The molecular formula is C23H25Cl2N3O6. The largest absolute Gasteiger partial charge is 0.480 e. The van der Waals surface area contributed by atoms with Gasteiger partial charge in [-0.15, -0.1) is 0 Å². The molecule has 0 heterocycles. The number of halogens is 2. The minimum Gasteiger partial charge on any atom is -0.480 e. The molecule has 2 aromatic carbocycles. The maximum Gasteiger partial charge on any atom is 0.408 e. The summed E-state index contributed by atoms with van der Waals surface area (Å²) in [4.78, 5) is 47.8.